The first-order valence-corrected chi connectivity index (χ1v) is 6.16. The van der Waals surface area contributed by atoms with E-state index in [1.807, 2.05) is 34.6 Å². The van der Waals surface area contributed by atoms with Gasteiger partial charge in [-0.3, -0.25) is 0 Å². The number of ketones is 2. The Balaban J connectivity index is 4.74. The molecule has 0 aliphatic rings. The SMILES string of the molecule is CC(=O)C(CC(=O)C(C)(C)C)C(C)(C)[SeH]. The van der Waals surface area contributed by atoms with E-state index in [1.54, 1.807) is 6.92 Å². The Hall–Kier alpha value is -0.141. The molecule has 1 unspecified atom stereocenters. The molecule has 0 rings (SSSR count). The fraction of sp³-hybridized carbons (Fsp3) is 0.833. The van der Waals surface area contributed by atoms with Crippen LogP contribution in [-0.4, -0.2) is 27.6 Å². The standard InChI is InChI=1S/C12H22O2Se/c1-8(13)9(12(5,6)15)7-10(14)11(2,3)4/h9,15H,7H2,1-6H3. The van der Waals surface area contributed by atoms with E-state index in [0.717, 1.165) is 0 Å². The van der Waals surface area contributed by atoms with E-state index in [1.165, 1.54) is 0 Å². The molecule has 0 heterocycles. The molecular formula is C12H22O2Se. The molecular weight excluding hydrogens is 255 g/mol. The van der Waals surface area contributed by atoms with Crippen molar-refractivity contribution in [2.24, 2.45) is 11.3 Å². The number of rotatable bonds is 4. The molecule has 0 bridgehead atoms. The second-order valence-electron chi connectivity index (χ2n) is 5.69. The van der Waals surface area contributed by atoms with Gasteiger partial charge in [-0.1, -0.05) is 0 Å². The third-order valence-corrected chi connectivity index (χ3v) is 3.22. The summed E-state index contributed by atoms with van der Waals surface area (Å²) in [7, 11) is 0. The van der Waals surface area contributed by atoms with Crippen LogP contribution < -0.4 is 0 Å². The van der Waals surface area contributed by atoms with Crippen molar-refractivity contribution in [1.29, 1.82) is 0 Å². The Morgan fingerprint density at radius 1 is 1.13 bits per heavy atom. The fourth-order valence-electron chi connectivity index (χ4n) is 1.38. The Bertz CT molecular complexity index is 256. The van der Waals surface area contributed by atoms with E-state index in [-0.39, 0.29) is 27.2 Å². The van der Waals surface area contributed by atoms with Crippen LogP contribution in [0.2, 0.25) is 4.31 Å². The number of hydrogen-bond donors (Lipinski definition) is 0. The molecule has 2 nitrogen and oxygen atoms in total. The summed E-state index contributed by atoms with van der Waals surface area (Å²) in [6.45, 7) is 11.2. The van der Waals surface area contributed by atoms with Crippen LogP contribution >= 0.6 is 0 Å². The van der Waals surface area contributed by atoms with E-state index < -0.39 is 0 Å². The first-order valence-electron chi connectivity index (χ1n) is 5.22. The summed E-state index contributed by atoms with van der Waals surface area (Å²) < 4.78 is -0.195. The quantitative estimate of drug-likeness (QED) is 0.739. The Morgan fingerprint density at radius 2 is 1.53 bits per heavy atom. The molecule has 88 valence electrons. The van der Waals surface area contributed by atoms with Gasteiger partial charge in [0.2, 0.25) is 0 Å². The molecule has 0 aromatic carbocycles. The average molecular weight is 277 g/mol. The number of carbonyl (C=O) groups is 2. The van der Waals surface area contributed by atoms with Gasteiger partial charge in [-0.15, -0.1) is 0 Å². The van der Waals surface area contributed by atoms with E-state index in [0.29, 0.717) is 6.42 Å². The molecule has 0 spiro atoms. The molecule has 0 saturated carbocycles. The van der Waals surface area contributed by atoms with Crippen molar-refractivity contribution in [3.8, 4) is 0 Å². The molecule has 3 heteroatoms. The third-order valence-electron chi connectivity index (χ3n) is 2.57. The van der Waals surface area contributed by atoms with E-state index in [4.69, 9.17) is 0 Å². The maximum absolute atomic E-state index is 11.9. The van der Waals surface area contributed by atoms with Crippen LogP contribution in [0.4, 0.5) is 0 Å². The Labute approximate surface area is 101 Å². The van der Waals surface area contributed by atoms with Gasteiger partial charge in [-0.05, 0) is 0 Å². The molecule has 15 heavy (non-hydrogen) atoms. The monoisotopic (exact) mass is 278 g/mol. The van der Waals surface area contributed by atoms with Crippen molar-refractivity contribution in [2.45, 2.75) is 52.3 Å². The van der Waals surface area contributed by atoms with Gasteiger partial charge in [0.15, 0.2) is 0 Å². The predicted octanol–water partition coefficient (Wildman–Crippen LogP) is 2.30. The van der Waals surface area contributed by atoms with Crippen LogP contribution in [-0.2, 0) is 9.59 Å². The summed E-state index contributed by atoms with van der Waals surface area (Å²) in [6.07, 6.45) is 0.348. The van der Waals surface area contributed by atoms with Crippen molar-refractivity contribution in [2.75, 3.05) is 0 Å². The summed E-state index contributed by atoms with van der Waals surface area (Å²) in [6, 6.07) is 0. The predicted molar refractivity (Wildman–Crippen MR) is 64.4 cm³/mol. The Kier molecular flexibility index (Phi) is 4.75. The molecule has 0 saturated heterocycles. The van der Waals surface area contributed by atoms with Crippen molar-refractivity contribution >= 4 is 27.6 Å². The molecule has 0 aliphatic heterocycles. The van der Waals surface area contributed by atoms with Crippen molar-refractivity contribution in [3.63, 3.8) is 0 Å². The van der Waals surface area contributed by atoms with Crippen LogP contribution in [0.5, 0.6) is 0 Å². The molecule has 0 fully saturated rings. The van der Waals surface area contributed by atoms with Crippen molar-refractivity contribution in [1.82, 2.24) is 0 Å². The summed E-state index contributed by atoms with van der Waals surface area (Å²) in [4.78, 5) is 23.4. The van der Waals surface area contributed by atoms with Gasteiger partial charge in [0.05, 0.1) is 0 Å². The summed E-state index contributed by atoms with van der Waals surface area (Å²) in [5.41, 5.74) is -0.355. The molecule has 0 amide bonds. The average Bonchev–Trinajstić information content (AvgIpc) is 1.94. The van der Waals surface area contributed by atoms with Crippen LogP contribution in [0.3, 0.4) is 0 Å². The van der Waals surface area contributed by atoms with Crippen LogP contribution in [0.15, 0.2) is 0 Å². The minimum atomic E-state index is -0.355. The molecule has 0 N–H and O–H groups in total. The zero-order chi connectivity index (χ0) is 12.4. The zero-order valence-electron chi connectivity index (χ0n) is 10.5. The van der Waals surface area contributed by atoms with Crippen molar-refractivity contribution < 1.29 is 9.59 Å². The first-order chi connectivity index (χ1) is 6.46. The normalized spacial score (nSPS) is 14.9. The van der Waals surface area contributed by atoms with Gasteiger partial charge < -0.3 is 0 Å². The number of carbonyl (C=O) groups excluding carboxylic acids is 2. The first kappa shape index (κ1) is 14.9. The fourth-order valence-corrected chi connectivity index (χ4v) is 1.96. The van der Waals surface area contributed by atoms with Crippen molar-refractivity contribution in [3.05, 3.63) is 0 Å². The second kappa shape index (κ2) is 4.80. The van der Waals surface area contributed by atoms with Gasteiger partial charge in [0.1, 0.15) is 0 Å². The maximum atomic E-state index is 11.9. The minimum absolute atomic E-state index is 0.0956. The summed E-state index contributed by atoms with van der Waals surface area (Å²) in [5, 5.41) is 0. The molecule has 1 atom stereocenters. The van der Waals surface area contributed by atoms with Crippen LogP contribution in [0.25, 0.3) is 0 Å². The molecule has 0 aromatic heterocycles. The van der Waals surface area contributed by atoms with Crippen LogP contribution in [0.1, 0.15) is 48.0 Å². The number of hydrogen-bond acceptors (Lipinski definition) is 2. The molecule has 0 radical (unpaired) electrons. The topological polar surface area (TPSA) is 34.1 Å². The third kappa shape index (κ3) is 4.94. The summed E-state index contributed by atoms with van der Waals surface area (Å²) >= 11 is 2.50. The van der Waals surface area contributed by atoms with Gasteiger partial charge in [0.25, 0.3) is 0 Å². The van der Waals surface area contributed by atoms with E-state index >= 15 is 0 Å². The van der Waals surface area contributed by atoms with Crippen LogP contribution in [0, 0.1) is 11.3 Å². The molecule has 0 aliphatic carbocycles. The number of Topliss-reactive ketones (excluding diaryl/α,β-unsaturated/α-hetero) is 2. The molecule has 0 aromatic rings. The Morgan fingerprint density at radius 3 is 1.73 bits per heavy atom. The van der Waals surface area contributed by atoms with Gasteiger partial charge in [0, 0.05) is 0 Å². The van der Waals surface area contributed by atoms with Gasteiger partial charge in [-0.25, -0.2) is 0 Å². The second-order valence-corrected chi connectivity index (χ2v) is 8.11. The zero-order valence-corrected chi connectivity index (χ0v) is 12.4. The van der Waals surface area contributed by atoms with Gasteiger partial charge >= 0.3 is 101 Å². The van der Waals surface area contributed by atoms with E-state index in [9.17, 15) is 9.59 Å². The summed E-state index contributed by atoms with van der Waals surface area (Å²) in [5.74, 6) is 0.0595. The van der Waals surface area contributed by atoms with Gasteiger partial charge in [-0.2, -0.15) is 0 Å². The van der Waals surface area contributed by atoms with E-state index in [2.05, 4.69) is 16.0 Å².